The van der Waals surface area contributed by atoms with Crippen LogP contribution in [0.15, 0.2) is 12.7 Å². The van der Waals surface area contributed by atoms with Crippen molar-refractivity contribution in [3.05, 3.63) is 12.7 Å². The molecule has 2 heteroatoms. The lowest BCUT2D eigenvalue weighted by Crippen LogP contribution is -2.40. The minimum atomic E-state index is -0.299. The minimum absolute atomic E-state index is 0.0855. The molecule has 0 rings (SSSR count). The predicted octanol–water partition coefficient (Wildman–Crippen LogP) is 1.31. The zero-order chi connectivity index (χ0) is 8.91. The van der Waals surface area contributed by atoms with E-state index in [2.05, 4.69) is 32.7 Å². The highest BCUT2D eigenvalue weighted by atomic mass is 16.3. The van der Waals surface area contributed by atoms with Crippen LogP contribution in [0, 0.1) is 0 Å². The Kier molecular flexibility index (Phi) is 4.38. The van der Waals surface area contributed by atoms with Crippen molar-refractivity contribution in [1.29, 1.82) is 0 Å². The maximum atomic E-state index is 9.28. The van der Waals surface area contributed by atoms with E-state index in [1.54, 1.807) is 6.08 Å². The molecule has 0 saturated carbocycles. The molecule has 2 nitrogen and oxygen atoms in total. The van der Waals surface area contributed by atoms with Gasteiger partial charge in [0.05, 0.1) is 6.10 Å². The smallest absolute Gasteiger partial charge is 0.0699 e. The third kappa shape index (κ3) is 7.56. The van der Waals surface area contributed by atoms with Crippen LogP contribution in [0.1, 0.15) is 27.2 Å². The molecule has 0 bridgehead atoms. The molecule has 1 atom stereocenters. The van der Waals surface area contributed by atoms with Gasteiger partial charge < -0.3 is 10.4 Å². The van der Waals surface area contributed by atoms with Crippen molar-refractivity contribution in [3.8, 4) is 0 Å². The zero-order valence-corrected chi connectivity index (χ0v) is 7.72. The molecule has 0 aromatic heterocycles. The number of nitrogens with one attached hydrogen (secondary N) is 1. The van der Waals surface area contributed by atoms with Crippen molar-refractivity contribution in [2.75, 3.05) is 6.54 Å². The number of aliphatic hydroxyl groups excluding tert-OH is 1. The summed E-state index contributed by atoms with van der Waals surface area (Å²) in [6.45, 7) is 10.4. The highest BCUT2D eigenvalue weighted by molar-refractivity contribution is 4.77. The SMILES string of the molecule is C=CCC(O)CNC(C)(C)C. The van der Waals surface area contributed by atoms with Crippen LogP contribution in [0.4, 0.5) is 0 Å². The lowest BCUT2D eigenvalue weighted by Gasteiger charge is -2.22. The highest BCUT2D eigenvalue weighted by Crippen LogP contribution is 1.99. The van der Waals surface area contributed by atoms with Gasteiger partial charge >= 0.3 is 0 Å². The summed E-state index contributed by atoms with van der Waals surface area (Å²) in [6.07, 6.45) is 2.09. The topological polar surface area (TPSA) is 32.3 Å². The fraction of sp³-hybridized carbons (Fsp3) is 0.778. The first-order chi connectivity index (χ1) is 4.95. The Morgan fingerprint density at radius 3 is 2.45 bits per heavy atom. The van der Waals surface area contributed by atoms with E-state index in [-0.39, 0.29) is 11.6 Å². The molecule has 0 heterocycles. The van der Waals surface area contributed by atoms with Crippen molar-refractivity contribution in [3.63, 3.8) is 0 Å². The number of aliphatic hydroxyl groups is 1. The lowest BCUT2D eigenvalue weighted by atomic mass is 10.1. The zero-order valence-electron chi connectivity index (χ0n) is 7.72. The van der Waals surface area contributed by atoms with Crippen LogP contribution in [0.5, 0.6) is 0 Å². The maximum absolute atomic E-state index is 9.28. The summed E-state index contributed by atoms with van der Waals surface area (Å²) in [7, 11) is 0. The molecule has 0 aliphatic carbocycles. The molecule has 0 fully saturated rings. The van der Waals surface area contributed by atoms with Gasteiger partial charge in [-0.3, -0.25) is 0 Å². The Bertz CT molecular complexity index is 115. The van der Waals surface area contributed by atoms with Gasteiger partial charge in [-0.1, -0.05) is 6.08 Å². The van der Waals surface area contributed by atoms with Gasteiger partial charge in [-0.2, -0.15) is 0 Å². The molecule has 0 aromatic carbocycles. The number of rotatable bonds is 4. The van der Waals surface area contributed by atoms with Gasteiger partial charge in [0.1, 0.15) is 0 Å². The number of hydrogen-bond donors (Lipinski definition) is 2. The van der Waals surface area contributed by atoms with Crippen molar-refractivity contribution in [2.24, 2.45) is 0 Å². The van der Waals surface area contributed by atoms with E-state index >= 15 is 0 Å². The normalized spacial score (nSPS) is 14.5. The van der Waals surface area contributed by atoms with E-state index in [0.29, 0.717) is 13.0 Å². The van der Waals surface area contributed by atoms with Gasteiger partial charge in [0.15, 0.2) is 0 Å². The third-order valence-corrected chi connectivity index (χ3v) is 1.31. The second-order valence-electron chi connectivity index (χ2n) is 3.81. The fourth-order valence-electron chi connectivity index (χ4n) is 0.700. The Balaban J connectivity index is 3.45. The van der Waals surface area contributed by atoms with E-state index in [1.165, 1.54) is 0 Å². The summed E-state index contributed by atoms with van der Waals surface area (Å²) in [5.41, 5.74) is 0.0855. The molecule has 0 aliphatic heterocycles. The molecule has 66 valence electrons. The third-order valence-electron chi connectivity index (χ3n) is 1.31. The molecule has 2 N–H and O–H groups in total. The predicted molar refractivity (Wildman–Crippen MR) is 48.6 cm³/mol. The first kappa shape index (κ1) is 10.7. The van der Waals surface area contributed by atoms with Crippen LogP contribution in [0.2, 0.25) is 0 Å². The van der Waals surface area contributed by atoms with E-state index < -0.39 is 0 Å². The summed E-state index contributed by atoms with van der Waals surface area (Å²) >= 11 is 0. The average molecular weight is 157 g/mol. The monoisotopic (exact) mass is 157 g/mol. The van der Waals surface area contributed by atoms with E-state index in [4.69, 9.17) is 0 Å². The first-order valence-corrected chi connectivity index (χ1v) is 3.99. The standard InChI is InChI=1S/C9H19NO/c1-5-6-8(11)7-10-9(2,3)4/h5,8,10-11H,1,6-7H2,2-4H3. The average Bonchev–Trinajstić information content (AvgIpc) is 1.83. The van der Waals surface area contributed by atoms with Gasteiger partial charge in [0, 0.05) is 12.1 Å². The van der Waals surface area contributed by atoms with E-state index in [9.17, 15) is 5.11 Å². The molecule has 0 saturated heterocycles. The molecule has 1 unspecified atom stereocenters. The van der Waals surface area contributed by atoms with Crippen molar-refractivity contribution in [1.82, 2.24) is 5.32 Å². The van der Waals surface area contributed by atoms with Crippen LogP contribution in [0.3, 0.4) is 0 Å². The fourth-order valence-corrected chi connectivity index (χ4v) is 0.700. The van der Waals surface area contributed by atoms with Gasteiger partial charge in [-0.15, -0.1) is 6.58 Å². The van der Waals surface area contributed by atoms with Crippen LogP contribution < -0.4 is 5.32 Å². The Labute approximate surface area is 69.3 Å². The van der Waals surface area contributed by atoms with Gasteiger partial charge in [0.2, 0.25) is 0 Å². The number of β-amino-alcohol motifs (C(OH)–C–C–N with tert-alkyl or cyclic N) is 1. The Morgan fingerprint density at radius 2 is 2.09 bits per heavy atom. The Hall–Kier alpha value is -0.340. The molecule has 0 spiro atoms. The van der Waals surface area contributed by atoms with Crippen molar-refractivity contribution in [2.45, 2.75) is 38.8 Å². The molecule has 0 aromatic rings. The molecular formula is C9H19NO. The highest BCUT2D eigenvalue weighted by Gasteiger charge is 2.10. The molecule has 11 heavy (non-hydrogen) atoms. The maximum Gasteiger partial charge on any atom is 0.0699 e. The second-order valence-corrected chi connectivity index (χ2v) is 3.81. The number of hydrogen-bond acceptors (Lipinski definition) is 2. The van der Waals surface area contributed by atoms with Crippen LogP contribution in [-0.2, 0) is 0 Å². The Morgan fingerprint density at radius 1 is 1.55 bits per heavy atom. The second kappa shape index (κ2) is 4.52. The molecule has 0 aliphatic rings. The quantitative estimate of drug-likeness (QED) is 0.603. The molecule has 0 amide bonds. The largest absolute Gasteiger partial charge is 0.391 e. The first-order valence-electron chi connectivity index (χ1n) is 3.99. The summed E-state index contributed by atoms with van der Waals surface area (Å²) in [6, 6.07) is 0. The summed E-state index contributed by atoms with van der Waals surface area (Å²) in [5, 5.41) is 12.5. The van der Waals surface area contributed by atoms with Crippen molar-refractivity contribution < 1.29 is 5.11 Å². The van der Waals surface area contributed by atoms with Crippen molar-refractivity contribution >= 4 is 0 Å². The molecule has 0 radical (unpaired) electrons. The van der Waals surface area contributed by atoms with Gasteiger partial charge in [-0.05, 0) is 27.2 Å². The van der Waals surface area contributed by atoms with Gasteiger partial charge in [-0.25, -0.2) is 0 Å². The van der Waals surface area contributed by atoms with E-state index in [0.717, 1.165) is 0 Å². The van der Waals surface area contributed by atoms with Crippen LogP contribution in [-0.4, -0.2) is 23.3 Å². The van der Waals surface area contributed by atoms with Crippen LogP contribution in [0.25, 0.3) is 0 Å². The minimum Gasteiger partial charge on any atom is -0.391 e. The van der Waals surface area contributed by atoms with E-state index in [1.807, 2.05) is 0 Å². The summed E-state index contributed by atoms with van der Waals surface area (Å²) < 4.78 is 0. The molecular weight excluding hydrogens is 138 g/mol. The van der Waals surface area contributed by atoms with Gasteiger partial charge in [0.25, 0.3) is 0 Å². The summed E-state index contributed by atoms with van der Waals surface area (Å²) in [4.78, 5) is 0. The van der Waals surface area contributed by atoms with Crippen LogP contribution >= 0.6 is 0 Å². The summed E-state index contributed by atoms with van der Waals surface area (Å²) in [5.74, 6) is 0. The lowest BCUT2D eigenvalue weighted by molar-refractivity contribution is 0.164.